The number of nitrogens with zero attached hydrogens (tertiary/aromatic N) is 3. The topological polar surface area (TPSA) is 67.9 Å². The van der Waals surface area contributed by atoms with Crippen molar-refractivity contribution in [2.45, 2.75) is 39.9 Å². The van der Waals surface area contributed by atoms with E-state index in [1.54, 1.807) is 28.3 Å². The van der Waals surface area contributed by atoms with E-state index in [2.05, 4.69) is 71.6 Å². The number of anilines is 1. The molecule has 39 heavy (non-hydrogen) atoms. The first-order valence-electron chi connectivity index (χ1n) is 12.8. The number of rotatable bonds is 11. The Hall–Kier alpha value is -2.62. The van der Waals surface area contributed by atoms with E-state index in [1.807, 2.05) is 24.1 Å². The molecule has 0 fully saturated rings. The SMILES string of the molecule is Cc1ccc(-c2ccsc2)cc1NCC(=O)N(CCNC(C)C)CC(=O)N(C)N1Cc2ccccc2C1.Cl.Cl. The van der Waals surface area contributed by atoms with Crippen molar-refractivity contribution in [3.8, 4) is 11.1 Å². The maximum Gasteiger partial charge on any atom is 0.256 e. The summed E-state index contributed by atoms with van der Waals surface area (Å²) >= 11 is 1.66. The Kier molecular flexibility index (Phi) is 12.7. The van der Waals surface area contributed by atoms with Gasteiger partial charge in [-0.25, -0.2) is 5.01 Å². The number of hydrazine groups is 1. The molecule has 10 heteroatoms. The van der Waals surface area contributed by atoms with Crippen molar-refractivity contribution in [2.75, 3.05) is 38.5 Å². The van der Waals surface area contributed by atoms with E-state index in [-0.39, 0.29) is 49.7 Å². The minimum Gasteiger partial charge on any atom is -0.376 e. The highest BCUT2D eigenvalue weighted by Gasteiger charge is 2.27. The monoisotopic (exact) mass is 591 g/mol. The first-order chi connectivity index (χ1) is 17.8. The molecule has 0 atom stereocenters. The molecule has 1 aliphatic rings. The van der Waals surface area contributed by atoms with Gasteiger partial charge in [-0.1, -0.05) is 50.2 Å². The van der Waals surface area contributed by atoms with Gasteiger partial charge in [-0.05, 0) is 57.6 Å². The third-order valence-corrected chi connectivity index (χ3v) is 7.43. The molecule has 0 spiro atoms. The fourth-order valence-electron chi connectivity index (χ4n) is 4.43. The van der Waals surface area contributed by atoms with Gasteiger partial charge in [-0.15, -0.1) is 24.8 Å². The lowest BCUT2D eigenvalue weighted by Crippen LogP contribution is -2.49. The quantitative estimate of drug-likeness (QED) is 0.321. The number of likely N-dealkylation sites (N-methyl/N-ethyl adjacent to an activating group) is 1. The molecule has 4 rings (SSSR count). The van der Waals surface area contributed by atoms with Gasteiger partial charge in [0.2, 0.25) is 5.91 Å². The van der Waals surface area contributed by atoms with Crippen LogP contribution in [0.4, 0.5) is 5.69 Å². The maximum atomic E-state index is 13.3. The number of amides is 2. The normalized spacial score (nSPS) is 12.3. The molecule has 3 aromatic rings. The van der Waals surface area contributed by atoms with Crippen molar-refractivity contribution in [2.24, 2.45) is 0 Å². The molecule has 0 radical (unpaired) electrons. The molecule has 0 aliphatic carbocycles. The van der Waals surface area contributed by atoms with Gasteiger partial charge >= 0.3 is 0 Å². The zero-order chi connectivity index (χ0) is 26.4. The Labute approximate surface area is 248 Å². The van der Waals surface area contributed by atoms with Crippen LogP contribution in [0.1, 0.15) is 30.5 Å². The van der Waals surface area contributed by atoms with Crippen LogP contribution in [-0.2, 0) is 22.7 Å². The van der Waals surface area contributed by atoms with E-state index in [0.717, 1.165) is 16.8 Å². The second-order valence-electron chi connectivity index (χ2n) is 9.83. The van der Waals surface area contributed by atoms with Gasteiger partial charge in [0.15, 0.2) is 0 Å². The standard InChI is InChI=1S/C29H37N5O2S.2ClH/c1-21(2)30-12-13-33(19-29(36)32(4)34-17-24-7-5-6-8-25(24)18-34)28(35)16-31-27-15-23(10-9-22(27)3)26-11-14-37-20-26;;/h5-11,14-15,20-21,30-31H,12-13,16-19H2,1-4H3;2*1H. The lowest BCUT2D eigenvalue weighted by atomic mass is 10.1. The van der Waals surface area contributed by atoms with Crippen LogP contribution < -0.4 is 10.6 Å². The molecule has 212 valence electrons. The molecule has 0 saturated carbocycles. The Bertz CT molecular complexity index is 1200. The lowest BCUT2D eigenvalue weighted by Gasteiger charge is -2.31. The summed E-state index contributed by atoms with van der Waals surface area (Å²) in [6.45, 7) is 8.82. The van der Waals surface area contributed by atoms with Crippen LogP contribution in [0.3, 0.4) is 0 Å². The number of carbonyl (C=O) groups is 2. The Morgan fingerprint density at radius 1 is 1.00 bits per heavy atom. The summed E-state index contributed by atoms with van der Waals surface area (Å²) in [5, 5.41) is 14.5. The number of benzene rings is 2. The summed E-state index contributed by atoms with van der Waals surface area (Å²) in [4.78, 5) is 28.2. The van der Waals surface area contributed by atoms with Crippen molar-refractivity contribution in [1.29, 1.82) is 0 Å². The van der Waals surface area contributed by atoms with Crippen LogP contribution in [-0.4, -0.2) is 66.0 Å². The molecular weight excluding hydrogens is 553 g/mol. The average Bonchev–Trinajstić information content (AvgIpc) is 3.57. The molecule has 1 aliphatic heterocycles. The summed E-state index contributed by atoms with van der Waals surface area (Å²) in [7, 11) is 1.79. The predicted molar refractivity (Wildman–Crippen MR) is 166 cm³/mol. The van der Waals surface area contributed by atoms with Crippen LogP contribution in [0.25, 0.3) is 11.1 Å². The number of hydrogen-bond donors (Lipinski definition) is 2. The fourth-order valence-corrected chi connectivity index (χ4v) is 5.10. The number of fused-ring (bicyclic) bond motifs is 1. The summed E-state index contributed by atoms with van der Waals surface area (Å²) in [5.74, 6) is -0.196. The number of thiophene rings is 1. The van der Waals surface area contributed by atoms with Crippen LogP contribution in [0.5, 0.6) is 0 Å². The minimum atomic E-state index is -0.0997. The van der Waals surface area contributed by atoms with E-state index >= 15 is 0 Å². The van der Waals surface area contributed by atoms with Crippen LogP contribution in [0.2, 0.25) is 0 Å². The van der Waals surface area contributed by atoms with Crippen LogP contribution in [0, 0.1) is 6.92 Å². The fraction of sp³-hybridized carbons (Fsp3) is 0.379. The van der Waals surface area contributed by atoms with Gasteiger partial charge < -0.3 is 15.5 Å². The van der Waals surface area contributed by atoms with Crippen molar-refractivity contribution >= 4 is 53.7 Å². The number of hydrogen-bond acceptors (Lipinski definition) is 6. The molecule has 1 aromatic heterocycles. The van der Waals surface area contributed by atoms with Crippen molar-refractivity contribution in [3.63, 3.8) is 0 Å². The van der Waals surface area contributed by atoms with E-state index in [4.69, 9.17) is 0 Å². The van der Waals surface area contributed by atoms with Gasteiger partial charge in [0, 0.05) is 45.0 Å². The first kappa shape index (κ1) is 32.6. The molecule has 0 unspecified atom stereocenters. The van der Waals surface area contributed by atoms with Gasteiger partial charge in [-0.2, -0.15) is 11.3 Å². The summed E-state index contributed by atoms with van der Waals surface area (Å²) < 4.78 is 0. The Morgan fingerprint density at radius 2 is 1.69 bits per heavy atom. The van der Waals surface area contributed by atoms with Crippen molar-refractivity contribution < 1.29 is 9.59 Å². The number of halogens is 2. The zero-order valence-electron chi connectivity index (χ0n) is 23.0. The highest BCUT2D eigenvalue weighted by atomic mass is 35.5. The predicted octanol–water partition coefficient (Wildman–Crippen LogP) is 5.19. The molecule has 2 aromatic carbocycles. The van der Waals surface area contributed by atoms with Gasteiger partial charge in [-0.3, -0.25) is 14.6 Å². The van der Waals surface area contributed by atoms with E-state index in [0.29, 0.717) is 32.2 Å². The van der Waals surface area contributed by atoms with Crippen LogP contribution in [0.15, 0.2) is 59.3 Å². The van der Waals surface area contributed by atoms with Crippen molar-refractivity contribution in [1.82, 2.24) is 20.2 Å². The molecular formula is C29H39Cl2N5O2S. The molecule has 2 amide bonds. The maximum absolute atomic E-state index is 13.3. The van der Waals surface area contributed by atoms with Gasteiger partial charge in [0.25, 0.3) is 5.91 Å². The largest absolute Gasteiger partial charge is 0.376 e. The minimum absolute atomic E-state index is 0. The molecule has 0 saturated heterocycles. The van der Waals surface area contributed by atoms with E-state index < -0.39 is 0 Å². The smallest absolute Gasteiger partial charge is 0.256 e. The molecule has 2 N–H and O–H groups in total. The molecule has 2 heterocycles. The second kappa shape index (κ2) is 15.2. The number of aryl methyl sites for hydroxylation is 1. The third kappa shape index (κ3) is 8.68. The molecule has 7 nitrogen and oxygen atoms in total. The number of nitrogens with one attached hydrogen (secondary N) is 2. The lowest BCUT2D eigenvalue weighted by molar-refractivity contribution is -0.151. The third-order valence-electron chi connectivity index (χ3n) is 6.74. The highest BCUT2D eigenvalue weighted by molar-refractivity contribution is 7.08. The zero-order valence-corrected chi connectivity index (χ0v) is 25.4. The van der Waals surface area contributed by atoms with E-state index in [9.17, 15) is 9.59 Å². The Balaban J connectivity index is 0.00000267. The van der Waals surface area contributed by atoms with Crippen LogP contribution >= 0.6 is 36.2 Å². The van der Waals surface area contributed by atoms with Gasteiger partial charge in [0.1, 0.15) is 6.54 Å². The van der Waals surface area contributed by atoms with Crippen molar-refractivity contribution in [3.05, 3.63) is 76.0 Å². The number of carbonyl (C=O) groups excluding carboxylic acids is 2. The first-order valence-corrected chi connectivity index (χ1v) is 13.7. The Morgan fingerprint density at radius 3 is 2.31 bits per heavy atom. The summed E-state index contributed by atoms with van der Waals surface area (Å²) in [6, 6.07) is 16.9. The van der Waals surface area contributed by atoms with E-state index in [1.165, 1.54) is 16.7 Å². The molecule has 0 bridgehead atoms. The average molecular weight is 593 g/mol. The highest BCUT2D eigenvalue weighted by Crippen LogP contribution is 2.27. The second-order valence-corrected chi connectivity index (χ2v) is 10.6. The summed E-state index contributed by atoms with van der Waals surface area (Å²) in [6.07, 6.45) is 0. The van der Waals surface area contributed by atoms with Gasteiger partial charge in [0.05, 0.1) is 6.54 Å². The summed E-state index contributed by atoms with van der Waals surface area (Å²) in [5.41, 5.74) is 6.75.